The van der Waals surface area contributed by atoms with Gasteiger partial charge in [-0.2, -0.15) is 0 Å². The van der Waals surface area contributed by atoms with Crippen LogP contribution in [0.2, 0.25) is 0 Å². The van der Waals surface area contributed by atoms with Gasteiger partial charge in [0.2, 0.25) is 11.8 Å². The molecule has 0 saturated carbocycles. The number of aliphatic carboxylic acids is 1. The van der Waals surface area contributed by atoms with E-state index in [1.54, 1.807) is 74.4 Å². The smallest absolute Gasteiger partial charge is 0.481 e. The summed E-state index contributed by atoms with van der Waals surface area (Å²) >= 11 is 6.61. The lowest BCUT2D eigenvalue weighted by Gasteiger charge is -2.32. The Balaban J connectivity index is -0.000000213. The van der Waals surface area contributed by atoms with E-state index >= 15 is 0 Å². The predicted molar refractivity (Wildman–Crippen MR) is 311 cm³/mol. The zero-order chi connectivity index (χ0) is 50.7. The van der Waals surface area contributed by atoms with Crippen molar-refractivity contribution in [2.24, 2.45) is 5.73 Å². The summed E-state index contributed by atoms with van der Waals surface area (Å²) in [6, 6.07) is 22.3. The molecule has 0 bridgehead atoms. The minimum atomic E-state index is -1.07. The molecule has 1 aliphatic heterocycles. The molecule has 5 N–H and O–H groups in total. The van der Waals surface area contributed by atoms with Crippen LogP contribution >= 0.6 is 55.8 Å². The fraction of sp³-hybridized carbons (Fsp3) is 0.547. The molecule has 0 radical (unpaired) electrons. The highest BCUT2D eigenvalue weighted by molar-refractivity contribution is 14.0. The van der Waals surface area contributed by atoms with Gasteiger partial charge in [-0.1, -0.05) is 118 Å². The number of ether oxygens (including phenoxy) is 3. The number of benzene rings is 3. The van der Waals surface area contributed by atoms with Gasteiger partial charge in [0.1, 0.15) is 16.6 Å². The van der Waals surface area contributed by atoms with Crippen LogP contribution in [-0.4, -0.2) is 95.6 Å². The molecule has 0 atom stereocenters. The second-order valence-corrected chi connectivity index (χ2v) is 19.6. The van der Waals surface area contributed by atoms with Gasteiger partial charge in [-0.3, -0.25) is 19.2 Å². The van der Waals surface area contributed by atoms with E-state index in [9.17, 15) is 28.8 Å². The fourth-order valence-electron chi connectivity index (χ4n) is 5.50. The van der Waals surface area contributed by atoms with Gasteiger partial charge >= 0.3 is 31.0 Å². The average Bonchev–Trinajstić information content (AvgIpc) is 3.40. The summed E-state index contributed by atoms with van der Waals surface area (Å²) in [5, 5.41) is 13.9. The Morgan fingerprint density at radius 2 is 0.903 bits per heavy atom. The molecule has 0 aromatic heterocycles. The highest BCUT2D eigenvalue weighted by Gasteiger charge is 2.51. The van der Waals surface area contributed by atoms with Gasteiger partial charge in [-0.15, -0.1) is 24.0 Å². The van der Waals surface area contributed by atoms with Crippen LogP contribution in [0, 0.1) is 0 Å². The minimum absolute atomic E-state index is 0. The summed E-state index contributed by atoms with van der Waals surface area (Å²) in [6.45, 7) is 23.9. The number of rotatable bonds is 15. The Morgan fingerprint density at radius 3 is 1.21 bits per heavy atom. The molecule has 19 heteroatoms. The lowest BCUT2D eigenvalue weighted by molar-refractivity contribution is -0.152. The molecule has 1 saturated heterocycles. The van der Waals surface area contributed by atoms with E-state index in [1.165, 1.54) is 0 Å². The van der Waals surface area contributed by atoms with Crippen LogP contribution in [0.15, 0.2) is 81.7 Å². The maximum absolute atomic E-state index is 12.4. The van der Waals surface area contributed by atoms with Crippen LogP contribution in [0.3, 0.4) is 0 Å². The Hall–Kier alpha value is -3.89. The average molecular weight is 1260 g/mol. The molecule has 1 fully saturated rings. The summed E-state index contributed by atoms with van der Waals surface area (Å²) in [6.07, 6.45) is 0.456. The first-order valence-electron chi connectivity index (χ1n) is 21.5. The van der Waals surface area contributed by atoms with Crippen LogP contribution in [-0.2, 0) is 71.5 Å². The van der Waals surface area contributed by atoms with Crippen molar-refractivity contribution in [2.45, 2.75) is 174 Å². The number of halogens is 3. The molecule has 1 aliphatic rings. The summed E-state index contributed by atoms with van der Waals surface area (Å²) < 4.78 is 28.5. The summed E-state index contributed by atoms with van der Waals surface area (Å²) in [5.41, 5.74) is 4.98. The quantitative estimate of drug-likeness (QED) is 0.0482. The van der Waals surface area contributed by atoms with Gasteiger partial charge in [0, 0.05) is 8.95 Å². The van der Waals surface area contributed by atoms with Crippen molar-refractivity contribution >= 4 is 104 Å². The molecule has 0 spiro atoms. The zero-order valence-electron chi connectivity index (χ0n) is 40.9. The fourth-order valence-corrected chi connectivity index (χ4v) is 6.39. The van der Waals surface area contributed by atoms with Crippen molar-refractivity contribution in [1.29, 1.82) is 0 Å². The number of carboxylic acids is 1. The molecule has 4 rings (SSSR count). The second-order valence-electron chi connectivity index (χ2n) is 17.7. The Morgan fingerprint density at radius 1 is 0.583 bits per heavy atom. The van der Waals surface area contributed by atoms with Gasteiger partial charge in [0.05, 0.1) is 50.3 Å². The van der Waals surface area contributed by atoms with E-state index in [0.717, 1.165) is 31.1 Å². The zero-order valence-corrected chi connectivity index (χ0v) is 46.4. The number of esters is 3. The van der Waals surface area contributed by atoms with Gasteiger partial charge in [0.15, 0.2) is 0 Å². The van der Waals surface area contributed by atoms with Crippen LogP contribution in [0.4, 0.5) is 0 Å². The van der Waals surface area contributed by atoms with Crippen LogP contribution in [0.25, 0.3) is 0 Å². The van der Waals surface area contributed by atoms with Gasteiger partial charge < -0.3 is 45.0 Å². The molecule has 15 nitrogen and oxygen atoms in total. The lowest BCUT2D eigenvalue weighted by atomic mass is 9.78. The van der Waals surface area contributed by atoms with Crippen LogP contribution < -0.4 is 21.8 Å². The van der Waals surface area contributed by atoms with Gasteiger partial charge in [-0.05, 0) is 136 Å². The van der Waals surface area contributed by atoms with E-state index in [0.29, 0.717) is 13.2 Å². The van der Waals surface area contributed by atoms with Crippen molar-refractivity contribution in [1.82, 2.24) is 10.6 Å². The SMILES string of the molecule is C.C.C.C.C.CCOC(=O)C(C)(C)N.CCOC(=O)C(C)(C)NC(=O)Cc1cccc(B2OC(C)(C)C(C)(C)O2)c1.CCOC(=O)C(C)(C)NC(=O)Cc1cccc(Br)c1.I.O=C(O)Cc1cccc(Br)c1. The van der Waals surface area contributed by atoms with Gasteiger partial charge in [-0.25, -0.2) is 9.59 Å². The van der Waals surface area contributed by atoms with Crippen molar-refractivity contribution in [3.05, 3.63) is 98.4 Å². The normalized spacial score (nSPS) is 12.6. The number of amides is 2. The Labute approximate surface area is 467 Å². The summed E-state index contributed by atoms with van der Waals surface area (Å²) in [5.74, 6) is -2.51. The molecule has 1 heterocycles. The third kappa shape index (κ3) is 29.1. The van der Waals surface area contributed by atoms with Crippen LogP contribution in [0.5, 0.6) is 0 Å². The van der Waals surface area contributed by atoms with Crippen molar-refractivity contribution in [3.8, 4) is 0 Å². The lowest BCUT2D eigenvalue weighted by Crippen LogP contribution is -2.51. The van der Waals surface area contributed by atoms with E-state index in [-0.39, 0.29) is 105 Å². The topological polar surface area (TPSA) is 219 Å². The Kier molecular flexibility index (Phi) is 39.9. The molecule has 3 aromatic carbocycles. The van der Waals surface area contributed by atoms with Crippen molar-refractivity contribution in [3.63, 3.8) is 0 Å². The molecule has 0 unspecified atom stereocenters. The largest absolute Gasteiger partial charge is 0.494 e. The highest BCUT2D eigenvalue weighted by atomic mass is 127. The van der Waals surface area contributed by atoms with Gasteiger partial charge in [0.25, 0.3) is 0 Å². The summed E-state index contributed by atoms with van der Waals surface area (Å²) in [7, 11) is -0.478. The monoisotopic (exact) mass is 1260 g/mol. The molecule has 2 amide bonds. The minimum Gasteiger partial charge on any atom is -0.481 e. The number of carboxylic acid groups (broad SMARTS) is 1. The highest BCUT2D eigenvalue weighted by Crippen LogP contribution is 2.36. The first-order chi connectivity index (χ1) is 30.4. The van der Waals surface area contributed by atoms with Crippen LogP contribution in [0.1, 0.15) is 144 Å². The standard InChI is InChI=1S/C20H30BNO5.C14H18BrNO3.C8H7BrO2.C6H13NO2.5CH4.HI/c1-8-25-17(24)18(2,3)22-16(23)13-14-10-9-11-15(12-14)21-26-19(4,5)20(6,7)27-21;1-4-19-13(18)14(2,3)16-12(17)9-10-6-5-7-11(15)8-10;9-7-3-1-2-6(4-7)5-8(10)11;1-4-9-5(8)6(2,3)7;;;;;;/h9-12H,8,13H2,1-7H3,(H,22,23);5-8H,4,9H2,1-3H3,(H,16,17);1-4H,5H2,(H,10,11);4,7H2,1-3H3;5*1H4;1H. The number of nitrogens with one attached hydrogen (secondary N) is 2. The molecular weight excluding hydrogens is 1170 g/mol. The predicted octanol–water partition coefficient (Wildman–Crippen LogP) is 10.6. The van der Waals surface area contributed by atoms with E-state index < -0.39 is 52.8 Å². The second kappa shape index (κ2) is 36.1. The Bertz CT molecular complexity index is 2100. The molecule has 72 heavy (non-hydrogen) atoms. The van der Waals surface area contributed by atoms with E-state index in [2.05, 4.69) is 47.2 Å². The molecular formula is C53H89BBr2IN3O12. The maximum Gasteiger partial charge on any atom is 0.494 e. The van der Waals surface area contributed by atoms with E-state index in [4.69, 9.17) is 29.6 Å². The van der Waals surface area contributed by atoms with E-state index in [1.807, 2.05) is 88.4 Å². The number of hydrogen-bond donors (Lipinski definition) is 4. The van der Waals surface area contributed by atoms with Crippen molar-refractivity contribution in [2.75, 3.05) is 19.8 Å². The molecule has 412 valence electrons. The van der Waals surface area contributed by atoms with Crippen molar-refractivity contribution < 1.29 is 57.4 Å². The first-order valence-corrected chi connectivity index (χ1v) is 23.1. The number of carbonyl (C=O) groups excluding carboxylic acids is 5. The number of nitrogens with two attached hydrogens (primary N) is 1. The molecule has 0 aliphatic carbocycles. The number of carbonyl (C=O) groups is 6. The summed E-state index contributed by atoms with van der Waals surface area (Å²) in [4.78, 5) is 68.9. The number of hydrogen-bond acceptors (Lipinski definition) is 12. The maximum atomic E-state index is 12.4. The third-order valence-corrected chi connectivity index (χ3v) is 10.6. The molecule has 3 aromatic rings. The third-order valence-electron chi connectivity index (χ3n) is 9.62. The first kappa shape index (κ1) is 79.5.